The second-order valence-electron chi connectivity index (χ2n) is 4.07. The zero-order chi connectivity index (χ0) is 13.5. The van der Waals surface area contributed by atoms with Crippen LogP contribution in [0.2, 0.25) is 5.15 Å². The van der Waals surface area contributed by atoms with Gasteiger partial charge in [0.15, 0.2) is 0 Å². The second kappa shape index (κ2) is 6.90. The van der Waals surface area contributed by atoms with Crippen molar-refractivity contribution in [1.29, 1.82) is 0 Å². The quantitative estimate of drug-likeness (QED) is 0.476. The van der Waals surface area contributed by atoms with Crippen molar-refractivity contribution < 1.29 is 9.53 Å². The van der Waals surface area contributed by atoms with Gasteiger partial charge >= 0.3 is 5.97 Å². The fraction of sp³-hybridized carbons (Fsp3) is 0.200. The van der Waals surface area contributed by atoms with Gasteiger partial charge < -0.3 is 4.74 Å². The number of ether oxygens (including phenoxy) is 1. The Balaban J connectivity index is 1.77. The molecule has 0 radical (unpaired) electrons. The molecule has 1 aromatic heterocycles. The Bertz CT molecular complexity index is 543. The lowest BCUT2D eigenvalue weighted by Gasteiger charge is -2.05. The lowest BCUT2D eigenvalue weighted by Crippen LogP contribution is -2.08. The molecule has 0 spiro atoms. The normalized spacial score (nSPS) is 10.2. The Labute approximate surface area is 117 Å². The van der Waals surface area contributed by atoms with Crippen LogP contribution in [0.5, 0.6) is 0 Å². The minimum absolute atomic E-state index is 0.176. The summed E-state index contributed by atoms with van der Waals surface area (Å²) in [4.78, 5) is 15.6. The van der Waals surface area contributed by atoms with E-state index in [9.17, 15) is 4.79 Å². The summed E-state index contributed by atoms with van der Waals surface area (Å²) >= 11 is 5.82. The first-order valence-electron chi connectivity index (χ1n) is 6.09. The molecule has 4 heteroatoms. The van der Waals surface area contributed by atoms with E-state index in [1.807, 2.05) is 18.2 Å². The minimum atomic E-state index is -0.425. The van der Waals surface area contributed by atoms with Crippen molar-refractivity contribution in [2.45, 2.75) is 12.8 Å². The monoisotopic (exact) mass is 275 g/mol. The van der Waals surface area contributed by atoms with Gasteiger partial charge in [0.05, 0.1) is 12.2 Å². The number of hydrogen-bond donors (Lipinski definition) is 0. The lowest BCUT2D eigenvalue weighted by atomic mass is 10.1. The molecule has 0 N–H and O–H groups in total. The SMILES string of the molecule is O=C(OCCCc1ccccc1)c1cccnc1Cl. The van der Waals surface area contributed by atoms with Crippen LogP contribution in [0.3, 0.4) is 0 Å². The molecule has 0 fully saturated rings. The van der Waals surface area contributed by atoms with Gasteiger partial charge in [0.25, 0.3) is 0 Å². The third-order valence-electron chi connectivity index (χ3n) is 2.66. The Morgan fingerprint density at radius 2 is 1.95 bits per heavy atom. The highest BCUT2D eigenvalue weighted by molar-refractivity contribution is 6.32. The van der Waals surface area contributed by atoms with E-state index < -0.39 is 5.97 Å². The number of carbonyl (C=O) groups is 1. The zero-order valence-electron chi connectivity index (χ0n) is 10.4. The smallest absolute Gasteiger partial charge is 0.341 e. The van der Waals surface area contributed by atoms with E-state index in [-0.39, 0.29) is 5.15 Å². The number of carbonyl (C=O) groups excluding carboxylic acids is 1. The van der Waals surface area contributed by atoms with Crippen molar-refractivity contribution >= 4 is 17.6 Å². The number of aromatic nitrogens is 1. The predicted octanol–water partition coefficient (Wildman–Crippen LogP) is 3.52. The van der Waals surface area contributed by atoms with Gasteiger partial charge in [-0.1, -0.05) is 41.9 Å². The van der Waals surface area contributed by atoms with Crippen LogP contribution in [0.25, 0.3) is 0 Å². The van der Waals surface area contributed by atoms with Gasteiger partial charge in [-0.15, -0.1) is 0 Å². The molecule has 0 unspecified atom stereocenters. The first kappa shape index (κ1) is 13.6. The van der Waals surface area contributed by atoms with Crippen LogP contribution in [-0.4, -0.2) is 17.6 Å². The molecule has 19 heavy (non-hydrogen) atoms. The van der Waals surface area contributed by atoms with Crippen LogP contribution in [0.4, 0.5) is 0 Å². The zero-order valence-corrected chi connectivity index (χ0v) is 11.1. The maximum atomic E-state index is 11.7. The molecule has 0 aliphatic carbocycles. The molecule has 1 aromatic carbocycles. The molecule has 1 heterocycles. The number of hydrogen-bond acceptors (Lipinski definition) is 3. The molecular formula is C15H14ClNO2. The standard InChI is InChI=1S/C15H14ClNO2/c16-14-13(9-4-10-17-14)15(18)19-11-5-8-12-6-2-1-3-7-12/h1-4,6-7,9-10H,5,8,11H2. The van der Waals surface area contributed by atoms with E-state index in [4.69, 9.17) is 16.3 Å². The first-order chi connectivity index (χ1) is 9.27. The predicted molar refractivity (Wildman–Crippen MR) is 74.3 cm³/mol. The molecule has 98 valence electrons. The van der Waals surface area contributed by atoms with E-state index in [1.165, 1.54) is 11.8 Å². The van der Waals surface area contributed by atoms with E-state index in [0.717, 1.165) is 12.8 Å². The van der Waals surface area contributed by atoms with Gasteiger partial charge in [-0.3, -0.25) is 0 Å². The summed E-state index contributed by atoms with van der Waals surface area (Å²) < 4.78 is 5.17. The molecule has 0 aliphatic heterocycles. The molecule has 3 nitrogen and oxygen atoms in total. The maximum absolute atomic E-state index is 11.7. The van der Waals surface area contributed by atoms with Crippen LogP contribution < -0.4 is 0 Å². The number of aryl methyl sites for hydroxylation is 1. The highest BCUT2D eigenvalue weighted by Gasteiger charge is 2.11. The molecule has 0 aliphatic rings. The summed E-state index contributed by atoms with van der Waals surface area (Å²) in [6.45, 7) is 0.374. The number of halogens is 1. The summed E-state index contributed by atoms with van der Waals surface area (Å²) in [5.74, 6) is -0.425. The number of rotatable bonds is 5. The van der Waals surface area contributed by atoms with Crippen molar-refractivity contribution in [2.75, 3.05) is 6.61 Å². The van der Waals surface area contributed by atoms with Crippen LogP contribution in [0.15, 0.2) is 48.7 Å². The fourth-order valence-electron chi connectivity index (χ4n) is 1.70. The lowest BCUT2D eigenvalue weighted by molar-refractivity contribution is 0.0500. The molecule has 0 saturated heterocycles. The van der Waals surface area contributed by atoms with Crippen molar-refractivity contribution in [2.24, 2.45) is 0 Å². The molecule has 0 atom stereocenters. The van der Waals surface area contributed by atoms with Crippen LogP contribution in [-0.2, 0) is 11.2 Å². The summed E-state index contributed by atoms with van der Waals surface area (Å²) in [7, 11) is 0. The number of esters is 1. The van der Waals surface area contributed by atoms with Gasteiger partial charge in [0.2, 0.25) is 0 Å². The third kappa shape index (κ3) is 4.07. The number of benzene rings is 1. The summed E-state index contributed by atoms with van der Waals surface area (Å²) in [6.07, 6.45) is 3.21. The van der Waals surface area contributed by atoms with E-state index >= 15 is 0 Å². The highest BCUT2D eigenvalue weighted by atomic mass is 35.5. The van der Waals surface area contributed by atoms with Crippen molar-refractivity contribution in [3.05, 3.63) is 64.9 Å². The topological polar surface area (TPSA) is 39.2 Å². The van der Waals surface area contributed by atoms with Crippen molar-refractivity contribution in [3.8, 4) is 0 Å². The van der Waals surface area contributed by atoms with Crippen LogP contribution in [0.1, 0.15) is 22.3 Å². The fourth-order valence-corrected chi connectivity index (χ4v) is 1.90. The Kier molecular flexibility index (Phi) is 4.93. The average molecular weight is 276 g/mol. The van der Waals surface area contributed by atoms with E-state index in [2.05, 4.69) is 17.1 Å². The van der Waals surface area contributed by atoms with E-state index in [0.29, 0.717) is 12.2 Å². The Morgan fingerprint density at radius 3 is 2.68 bits per heavy atom. The van der Waals surface area contributed by atoms with Crippen LogP contribution >= 0.6 is 11.6 Å². The molecule has 2 aromatic rings. The maximum Gasteiger partial charge on any atom is 0.341 e. The molecule has 0 bridgehead atoms. The van der Waals surface area contributed by atoms with Gasteiger partial charge in [0, 0.05) is 6.20 Å². The first-order valence-corrected chi connectivity index (χ1v) is 6.47. The van der Waals surface area contributed by atoms with Gasteiger partial charge in [0.1, 0.15) is 5.15 Å². The largest absolute Gasteiger partial charge is 0.462 e. The number of pyridine rings is 1. The second-order valence-corrected chi connectivity index (χ2v) is 4.42. The Morgan fingerprint density at radius 1 is 1.16 bits per heavy atom. The molecule has 0 saturated carbocycles. The summed E-state index contributed by atoms with van der Waals surface area (Å²) in [6, 6.07) is 13.3. The Hall–Kier alpha value is -1.87. The molecule has 2 rings (SSSR count). The van der Waals surface area contributed by atoms with Gasteiger partial charge in [-0.05, 0) is 30.5 Å². The van der Waals surface area contributed by atoms with Gasteiger partial charge in [-0.25, -0.2) is 9.78 Å². The number of nitrogens with zero attached hydrogens (tertiary/aromatic N) is 1. The molecule has 0 amide bonds. The molecular weight excluding hydrogens is 262 g/mol. The third-order valence-corrected chi connectivity index (χ3v) is 2.97. The van der Waals surface area contributed by atoms with Crippen molar-refractivity contribution in [1.82, 2.24) is 4.98 Å². The summed E-state index contributed by atoms with van der Waals surface area (Å²) in [5.41, 5.74) is 1.54. The summed E-state index contributed by atoms with van der Waals surface area (Å²) in [5, 5.41) is 0.176. The van der Waals surface area contributed by atoms with Gasteiger partial charge in [-0.2, -0.15) is 0 Å². The minimum Gasteiger partial charge on any atom is -0.462 e. The van der Waals surface area contributed by atoms with Crippen molar-refractivity contribution in [3.63, 3.8) is 0 Å². The average Bonchev–Trinajstić information content (AvgIpc) is 2.45. The van der Waals surface area contributed by atoms with Crippen LogP contribution in [0, 0.1) is 0 Å². The van der Waals surface area contributed by atoms with E-state index in [1.54, 1.807) is 12.1 Å². The highest BCUT2D eigenvalue weighted by Crippen LogP contribution is 2.13.